The number of carbonyl (C=O) groups excluding carboxylic acids is 2. The Balaban J connectivity index is 1.92. The molecule has 2 aromatic rings. The summed E-state index contributed by atoms with van der Waals surface area (Å²) >= 11 is 17.3. The van der Waals surface area contributed by atoms with E-state index >= 15 is 0 Å². The molecule has 1 amide bonds. The molecule has 1 aliphatic rings. The van der Waals surface area contributed by atoms with Gasteiger partial charge in [-0.2, -0.15) is 26.3 Å². The monoisotopic (exact) mass is 603 g/mol. The van der Waals surface area contributed by atoms with Gasteiger partial charge < -0.3 is 10.1 Å². The van der Waals surface area contributed by atoms with Crippen LogP contribution in [0.3, 0.4) is 0 Å². The third-order valence-corrected chi connectivity index (χ3v) is 6.44. The number of carbonyl (C=O) groups is 2. The number of alkyl halides is 6. The zero-order valence-electron chi connectivity index (χ0n) is 18.9. The molecule has 1 N–H and O–H groups in total. The Morgan fingerprint density at radius 2 is 1.61 bits per heavy atom. The van der Waals surface area contributed by atoms with E-state index in [2.05, 4.69) is 0 Å². The summed E-state index contributed by atoms with van der Waals surface area (Å²) in [5.41, 5.74) is -5.04. The van der Waals surface area contributed by atoms with Gasteiger partial charge in [0.2, 0.25) is 0 Å². The van der Waals surface area contributed by atoms with Crippen molar-refractivity contribution >= 4 is 52.5 Å². The van der Waals surface area contributed by atoms with Crippen molar-refractivity contribution in [2.45, 2.75) is 30.8 Å². The predicted molar refractivity (Wildman–Crippen MR) is 127 cm³/mol. The van der Waals surface area contributed by atoms with E-state index in [0.29, 0.717) is 12.1 Å². The maximum absolute atomic E-state index is 14.9. The molecule has 0 fully saturated rings. The van der Waals surface area contributed by atoms with Gasteiger partial charge in [-0.3, -0.25) is 9.59 Å². The van der Waals surface area contributed by atoms with E-state index in [0.717, 1.165) is 12.1 Å². The molecule has 0 heterocycles. The lowest BCUT2D eigenvalue weighted by Crippen LogP contribution is -2.34. The summed E-state index contributed by atoms with van der Waals surface area (Å²) in [7, 11) is 0. The molecule has 0 saturated heterocycles. The van der Waals surface area contributed by atoms with Gasteiger partial charge in [-0.1, -0.05) is 40.9 Å². The van der Waals surface area contributed by atoms with Gasteiger partial charge in [0.1, 0.15) is 23.9 Å². The maximum atomic E-state index is 14.9. The van der Waals surface area contributed by atoms with Gasteiger partial charge in [0, 0.05) is 5.56 Å². The van der Waals surface area contributed by atoms with Crippen molar-refractivity contribution in [1.29, 1.82) is 0 Å². The molecule has 0 aromatic heterocycles. The van der Waals surface area contributed by atoms with Crippen LogP contribution in [-0.4, -0.2) is 30.2 Å². The van der Waals surface area contributed by atoms with E-state index in [1.807, 2.05) is 5.32 Å². The van der Waals surface area contributed by atoms with Gasteiger partial charge >= 0.3 is 18.3 Å². The Kier molecular flexibility index (Phi) is 8.45. The number of esters is 1. The van der Waals surface area contributed by atoms with Crippen molar-refractivity contribution in [3.05, 3.63) is 85.9 Å². The summed E-state index contributed by atoms with van der Waals surface area (Å²) in [4.78, 5) is 24.1. The number of hydrogen-bond acceptors (Lipinski definition) is 3. The Bertz CT molecular complexity index is 1310. The fourth-order valence-electron chi connectivity index (χ4n) is 3.22. The predicted octanol–water partition coefficient (Wildman–Crippen LogP) is 7.92. The van der Waals surface area contributed by atoms with Crippen LogP contribution < -0.4 is 5.32 Å². The average Bonchev–Trinajstić information content (AvgIpc) is 3.53. The molecule has 1 unspecified atom stereocenters. The van der Waals surface area contributed by atoms with Crippen molar-refractivity contribution in [3.63, 3.8) is 0 Å². The first-order chi connectivity index (χ1) is 17.4. The second-order valence-electron chi connectivity index (χ2n) is 8.26. The van der Waals surface area contributed by atoms with Crippen LogP contribution in [0.5, 0.6) is 0 Å². The van der Waals surface area contributed by atoms with Crippen LogP contribution in [0.15, 0.2) is 48.6 Å². The molecule has 0 saturated carbocycles. The highest BCUT2D eigenvalue weighted by atomic mass is 35.5. The molecule has 0 spiro atoms. The molecule has 0 bridgehead atoms. The lowest BCUT2D eigenvalue weighted by atomic mass is 9.95. The summed E-state index contributed by atoms with van der Waals surface area (Å²) in [6.07, 6.45) is -7.17. The normalized spacial score (nSPS) is 15.7. The fraction of sp³-hybridized carbons (Fsp3) is 0.250. The van der Waals surface area contributed by atoms with E-state index in [1.165, 1.54) is 19.1 Å². The molecule has 3 rings (SSSR count). The van der Waals surface area contributed by atoms with Gasteiger partial charge in [-0.25, -0.2) is 4.39 Å². The Morgan fingerprint density at radius 3 is 2.11 bits per heavy atom. The first-order valence-corrected chi connectivity index (χ1v) is 11.6. The highest BCUT2D eigenvalue weighted by molar-refractivity contribution is 6.48. The number of halogens is 10. The van der Waals surface area contributed by atoms with Crippen LogP contribution in [0.4, 0.5) is 30.7 Å². The number of rotatable bonds is 7. The van der Waals surface area contributed by atoms with Crippen LogP contribution in [0, 0.1) is 0 Å². The van der Waals surface area contributed by atoms with Gasteiger partial charge in [-0.15, -0.1) is 0 Å². The Hall–Kier alpha value is -2.76. The first-order valence-electron chi connectivity index (χ1n) is 10.4. The van der Waals surface area contributed by atoms with Crippen molar-refractivity contribution in [3.8, 4) is 0 Å². The summed E-state index contributed by atoms with van der Waals surface area (Å²) < 4.78 is 102. The highest BCUT2D eigenvalue weighted by Crippen LogP contribution is 2.42. The molecular weight excluding hydrogens is 590 g/mol. The summed E-state index contributed by atoms with van der Waals surface area (Å²) in [6, 6.07) is 3.06. The molecule has 2 aromatic carbocycles. The van der Waals surface area contributed by atoms with Gasteiger partial charge in [-0.05, 0) is 55.0 Å². The summed E-state index contributed by atoms with van der Waals surface area (Å²) in [5, 5.41) is 1.03. The minimum atomic E-state index is -5.20. The number of amides is 1. The standard InChI is InChI=1S/C24H15Cl3F7NO3/c1-22(4-5-22)38-19(36)10-35-21(37)13-3-2-11(6-15(13)24(32,33)34)18(28)9-14(23(29,30)31)12-7-16(25)20(27)17(26)8-12/h2-9,14H,10H2,1H3,(H,35,37)/b18-9-. The van der Waals surface area contributed by atoms with Crippen LogP contribution in [0.25, 0.3) is 5.83 Å². The van der Waals surface area contributed by atoms with Crippen LogP contribution >= 0.6 is 34.8 Å². The van der Waals surface area contributed by atoms with Crippen molar-refractivity contribution in [2.75, 3.05) is 6.54 Å². The zero-order chi connectivity index (χ0) is 28.6. The first kappa shape index (κ1) is 29.8. The molecule has 38 heavy (non-hydrogen) atoms. The SMILES string of the molecule is CC1(OC(=O)CNC(=O)c2ccc(/C(F)=C/C(c3cc(Cl)c(Cl)c(Cl)c3)C(F)(F)F)cc2C(F)(F)F)C=C1. The number of benzene rings is 2. The smallest absolute Gasteiger partial charge is 0.417 e. The van der Waals surface area contributed by atoms with Crippen molar-refractivity contribution in [2.24, 2.45) is 0 Å². The third-order valence-electron chi connectivity index (χ3n) is 5.24. The van der Waals surface area contributed by atoms with Crippen molar-refractivity contribution < 1.29 is 45.1 Å². The molecule has 1 aliphatic carbocycles. The maximum Gasteiger partial charge on any atom is 0.417 e. The van der Waals surface area contributed by atoms with E-state index in [1.54, 1.807) is 0 Å². The van der Waals surface area contributed by atoms with E-state index in [4.69, 9.17) is 39.5 Å². The van der Waals surface area contributed by atoms with E-state index in [9.17, 15) is 40.3 Å². The number of allylic oxidation sites excluding steroid dienone is 1. The molecule has 14 heteroatoms. The van der Waals surface area contributed by atoms with Gasteiger partial charge in [0.15, 0.2) is 0 Å². The van der Waals surface area contributed by atoms with Gasteiger partial charge in [0.25, 0.3) is 5.91 Å². The highest BCUT2D eigenvalue weighted by Gasteiger charge is 2.41. The van der Waals surface area contributed by atoms with E-state index in [-0.39, 0.29) is 27.2 Å². The van der Waals surface area contributed by atoms with Crippen molar-refractivity contribution in [1.82, 2.24) is 5.32 Å². The molecule has 204 valence electrons. The largest absolute Gasteiger partial charge is 0.450 e. The molecule has 0 aliphatic heterocycles. The molecule has 1 atom stereocenters. The third kappa shape index (κ3) is 7.21. The topological polar surface area (TPSA) is 55.4 Å². The number of nitrogens with one attached hydrogen (secondary N) is 1. The van der Waals surface area contributed by atoms with Crippen LogP contribution in [0.1, 0.15) is 39.9 Å². The molecule has 0 radical (unpaired) electrons. The Labute approximate surface area is 226 Å². The Morgan fingerprint density at radius 1 is 1.03 bits per heavy atom. The quantitative estimate of drug-likeness (QED) is 0.151. The number of hydrogen-bond donors (Lipinski definition) is 1. The number of ether oxygens (including phenoxy) is 1. The average molecular weight is 605 g/mol. The zero-order valence-corrected chi connectivity index (χ0v) is 21.2. The fourth-order valence-corrected chi connectivity index (χ4v) is 3.83. The summed E-state index contributed by atoms with van der Waals surface area (Å²) in [5.74, 6) is -6.58. The lowest BCUT2D eigenvalue weighted by Gasteiger charge is -2.19. The van der Waals surface area contributed by atoms with Gasteiger partial charge in [0.05, 0.1) is 26.2 Å². The van der Waals surface area contributed by atoms with E-state index < -0.39 is 70.4 Å². The van der Waals surface area contributed by atoms with Crippen LogP contribution in [0.2, 0.25) is 15.1 Å². The second kappa shape index (κ2) is 10.8. The van der Waals surface area contributed by atoms with Crippen LogP contribution in [-0.2, 0) is 15.7 Å². The lowest BCUT2D eigenvalue weighted by molar-refractivity contribution is -0.147. The second-order valence-corrected chi connectivity index (χ2v) is 9.46. The minimum Gasteiger partial charge on any atom is -0.450 e. The molecule has 4 nitrogen and oxygen atoms in total. The minimum absolute atomic E-state index is 0.0492. The summed E-state index contributed by atoms with van der Waals surface area (Å²) in [6.45, 7) is 0.775. The molecular formula is C24H15Cl3F7NO3.